The Labute approximate surface area is 148 Å². The van der Waals surface area contributed by atoms with Crippen LogP contribution in [-0.2, 0) is 0 Å². The van der Waals surface area contributed by atoms with Crippen LogP contribution in [0.4, 0.5) is 14.5 Å². The van der Waals surface area contributed by atoms with E-state index in [2.05, 4.69) is 0 Å². The maximum absolute atomic E-state index is 14.1. The van der Waals surface area contributed by atoms with Crippen molar-refractivity contribution in [2.75, 3.05) is 31.1 Å². The molecule has 0 aromatic heterocycles. The third-order valence-electron chi connectivity index (χ3n) is 4.14. The molecule has 25 heavy (non-hydrogen) atoms. The van der Waals surface area contributed by atoms with Crippen LogP contribution in [0.2, 0.25) is 5.02 Å². The SMILES string of the molecule is N#Cc1ccc(N2CCN(C(=O)c3cc(Cl)ccc3F)CC2)c(F)c1. The Kier molecular flexibility index (Phi) is 4.86. The predicted octanol–water partition coefficient (Wildman–Crippen LogP) is 3.45. The van der Waals surface area contributed by atoms with E-state index >= 15 is 0 Å². The number of hydrogen-bond donors (Lipinski definition) is 0. The minimum atomic E-state index is -0.616. The van der Waals surface area contributed by atoms with E-state index in [9.17, 15) is 13.6 Å². The van der Waals surface area contributed by atoms with Gasteiger partial charge in [0.25, 0.3) is 5.91 Å². The van der Waals surface area contributed by atoms with Crippen molar-refractivity contribution in [3.05, 3.63) is 64.2 Å². The number of amides is 1. The first kappa shape index (κ1) is 17.2. The molecule has 4 nitrogen and oxygen atoms in total. The molecule has 2 aromatic carbocycles. The van der Waals surface area contributed by atoms with Crippen molar-refractivity contribution < 1.29 is 13.6 Å². The van der Waals surface area contributed by atoms with E-state index in [0.717, 1.165) is 6.07 Å². The molecule has 1 heterocycles. The first-order chi connectivity index (χ1) is 12.0. The van der Waals surface area contributed by atoms with E-state index < -0.39 is 17.5 Å². The third-order valence-corrected chi connectivity index (χ3v) is 4.38. The highest BCUT2D eigenvalue weighted by molar-refractivity contribution is 6.31. The van der Waals surface area contributed by atoms with Gasteiger partial charge in [-0.15, -0.1) is 0 Å². The van der Waals surface area contributed by atoms with Crippen LogP contribution in [0, 0.1) is 23.0 Å². The van der Waals surface area contributed by atoms with Gasteiger partial charge in [0.05, 0.1) is 22.9 Å². The highest BCUT2D eigenvalue weighted by atomic mass is 35.5. The van der Waals surface area contributed by atoms with Gasteiger partial charge in [-0.2, -0.15) is 5.26 Å². The Morgan fingerprint density at radius 3 is 2.40 bits per heavy atom. The first-order valence-electron chi connectivity index (χ1n) is 7.68. The molecule has 1 amide bonds. The van der Waals surface area contributed by atoms with Gasteiger partial charge >= 0.3 is 0 Å². The van der Waals surface area contributed by atoms with Crippen molar-refractivity contribution in [3.63, 3.8) is 0 Å². The van der Waals surface area contributed by atoms with Crippen LogP contribution < -0.4 is 4.90 Å². The zero-order valence-electron chi connectivity index (χ0n) is 13.2. The number of nitrogens with zero attached hydrogens (tertiary/aromatic N) is 3. The van der Waals surface area contributed by atoms with Gasteiger partial charge in [-0.3, -0.25) is 4.79 Å². The molecule has 0 unspecified atom stereocenters. The molecule has 0 atom stereocenters. The molecular formula is C18H14ClF2N3O. The van der Waals surface area contributed by atoms with Crippen molar-refractivity contribution >= 4 is 23.2 Å². The molecule has 7 heteroatoms. The number of nitriles is 1. The lowest BCUT2D eigenvalue weighted by molar-refractivity contribution is 0.0742. The fourth-order valence-corrected chi connectivity index (χ4v) is 2.99. The quantitative estimate of drug-likeness (QED) is 0.823. The first-order valence-corrected chi connectivity index (χ1v) is 8.06. The number of piperazine rings is 1. The fraction of sp³-hybridized carbons (Fsp3) is 0.222. The van der Waals surface area contributed by atoms with E-state index in [1.54, 1.807) is 17.0 Å². The maximum Gasteiger partial charge on any atom is 0.257 e. The van der Waals surface area contributed by atoms with Crippen molar-refractivity contribution in [2.45, 2.75) is 0 Å². The Morgan fingerprint density at radius 2 is 1.76 bits per heavy atom. The largest absolute Gasteiger partial charge is 0.366 e. The van der Waals surface area contributed by atoms with E-state index in [4.69, 9.17) is 16.9 Å². The van der Waals surface area contributed by atoms with Crippen LogP contribution in [0.3, 0.4) is 0 Å². The van der Waals surface area contributed by atoms with Gasteiger partial charge in [0, 0.05) is 31.2 Å². The molecular weight excluding hydrogens is 348 g/mol. The normalized spacial score (nSPS) is 14.3. The Balaban J connectivity index is 1.71. The van der Waals surface area contributed by atoms with Crippen LogP contribution in [0.25, 0.3) is 0 Å². The summed E-state index contributed by atoms with van der Waals surface area (Å²) in [6.07, 6.45) is 0. The van der Waals surface area contributed by atoms with Gasteiger partial charge in [0.15, 0.2) is 0 Å². The molecule has 0 N–H and O–H groups in total. The smallest absolute Gasteiger partial charge is 0.257 e. The van der Waals surface area contributed by atoms with E-state index in [-0.39, 0.29) is 11.1 Å². The molecule has 1 fully saturated rings. The van der Waals surface area contributed by atoms with Crippen molar-refractivity contribution in [1.29, 1.82) is 5.26 Å². The second kappa shape index (κ2) is 7.08. The fourth-order valence-electron chi connectivity index (χ4n) is 2.82. The molecule has 0 aliphatic carbocycles. The van der Waals surface area contributed by atoms with Gasteiger partial charge in [-0.25, -0.2) is 8.78 Å². The zero-order chi connectivity index (χ0) is 18.0. The Hall–Kier alpha value is -2.65. The van der Waals surface area contributed by atoms with Crippen LogP contribution in [0.1, 0.15) is 15.9 Å². The monoisotopic (exact) mass is 361 g/mol. The van der Waals surface area contributed by atoms with Crippen molar-refractivity contribution in [3.8, 4) is 6.07 Å². The zero-order valence-corrected chi connectivity index (χ0v) is 13.9. The Bertz CT molecular complexity index is 858. The molecule has 1 aliphatic heterocycles. The van der Waals surface area contributed by atoms with Gasteiger partial charge < -0.3 is 9.80 Å². The molecule has 0 radical (unpaired) electrons. The summed E-state index contributed by atoms with van der Waals surface area (Å²) in [5.41, 5.74) is 0.581. The average molecular weight is 362 g/mol. The predicted molar refractivity (Wildman–Crippen MR) is 90.6 cm³/mol. The summed E-state index contributed by atoms with van der Waals surface area (Å²) in [5, 5.41) is 9.09. The number of hydrogen-bond acceptors (Lipinski definition) is 3. The minimum Gasteiger partial charge on any atom is -0.366 e. The van der Waals surface area contributed by atoms with E-state index in [1.165, 1.54) is 23.1 Å². The number of carbonyl (C=O) groups excluding carboxylic acids is 1. The number of halogens is 3. The molecule has 0 spiro atoms. The summed E-state index contributed by atoms with van der Waals surface area (Å²) in [6.45, 7) is 1.50. The lowest BCUT2D eigenvalue weighted by atomic mass is 10.1. The highest BCUT2D eigenvalue weighted by Crippen LogP contribution is 2.23. The average Bonchev–Trinajstić information content (AvgIpc) is 2.63. The lowest BCUT2D eigenvalue weighted by Crippen LogP contribution is -2.49. The lowest BCUT2D eigenvalue weighted by Gasteiger charge is -2.36. The second-order valence-corrected chi connectivity index (χ2v) is 6.12. The number of rotatable bonds is 2. The van der Waals surface area contributed by atoms with Gasteiger partial charge in [0.1, 0.15) is 11.6 Å². The van der Waals surface area contributed by atoms with Crippen molar-refractivity contribution in [1.82, 2.24) is 4.90 Å². The molecule has 3 rings (SSSR count). The minimum absolute atomic E-state index is 0.0643. The summed E-state index contributed by atoms with van der Waals surface area (Å²) in [6, 6.07) is 10.1. The topological polar surface area (TPSA) is 47.3 Å². The standard InChI is InChI=1S/C18H14ClF2N3O/c19-13-2-3-15(20)14(10-13)18(25)24-7-5-23(6-8-24)17-4-1-12(11-22)9-16(17)21/h1-4,9-10H,5-8H2. The van der Waals surface area contributed by atoms with Crippen molar-refractivity contribution in [2.24, 2.45) is 0 Å². The highest BCUT2D eigenvalue weighted by Gasteiger charge is 2.25. The maximum atomic E-state index is 14.1. The van der Waals surface area contributed by atoms with Crippen LogP contribution >= 0.6 is 11.6 Å². The summed E-state index contributed by atoms with van der Waals surface area (Å²) >= 11 is 5.83. The summed E-state index contributed by atoms with van der Waals surface area (Å²) < 4.78 is 28.0. The van der Waals surface area contributed by atoms with E-state index in [1.807, 2.05) is 6.07 Å². The van der Waals surface area contributed by atoms with E-state index in [0.29, 0.717) is 36.9 Å². The number of carbonyl (C=O) groups is 1. The summed E-state index contributed by atoms with van der Waals surface area (Å²) in [7, 11) is 0. The molecule has 2 aromatic rings. The van der Waals surface area contributed by atoms with Gasteiger partial charge in [-0.05, 0) is 36.4 Å². The summed E-state index contributed by atoms with van der Waals surface area (Å²) in [5.74, 6) is -1.52. The number of anilines is 1. The number of benzene rings is 2. The molecule has 0 saturated carbocycles. The summed E-state index contributed by atoms with van der Waals surface area (Å²) in [4.78, 5) is 15.8. The molecule has 1 saturated heterocycles. The molecule has 0 bridgehead atoms. The van der Waals surface area contributed by atoms with Crippen LogP contribution in [0.15, 0.2) is 36.4 Å². The molecule has 128 valence electrons. The second-order valence-electron chi connectivity index (χ2n) is 5.68. The van der Waals surface area contributed by atoms with Gasteiger partial charge in [0.2, 0.25) is 0 Å². The van der Waals surface area contributed by atoms with Crippen LogP contribution in [0.5, 0.6) is 0 Å². The third kappa shape index (κ3) is 3.57. The van der Waals surface area contributed by atoms with Crippen LogP contribution in [-0.4, -0.2) is 37.0 Å². The molecule has 1 aliphatic rings. The Morgan fingerprint density at radius 1 is 1.04 bits per heavy atom. The van der Waals surface area contributed by atoms with Gasteiger partial charge in [-0.1, -0.05) is 11.6 Å².